The van der Waals surface area contributed by atoms with E-state index in [1.807, 2.05) is 60.5 Å². The number of H-pyrrole nitrogens is 1. The minimum Gasteiger partial charge on any atom is -0.357 e. The molecule has 1 fully saturated rings. The van der Waals surface area contributed by atoms with E-state index < -0.39 is 0 Å². The maximum Gasteiger partial charge on any atom is 0.317 e. The van der Waals surface area contributed by atoms with Gasteiger partial charge in [-0.3, -0.25) is 0 Å². The van der Waals surface area contributed by atoms with E-state index >= 15 is 0 Å². The van der Waals surface area contributed by atoms with Crippen LogP contribution in [0.25, 0.3) is 33.7 Å². The molecule has 31 heavy (non-hydrogen) atoms. The number of benzene rings is 2. The predicted octanol–water partition coefficient (Wildman–Crippen LogP) is 3.75. The van der Waals surface area contributed by atoms with Gasteiger partial charge >= 0.3 is 6.03 Å². The van der Waals surface area contributed by atoms with Gasteiger partial charge < -0.3 is 20.1 Å². The molecule has 156 valence electrons. The summed E-state index contributed by atoms with van der Waals surface area (Å²) in [5, 5.41) is 3.82. The van der Waals surface area contributed by atoms with Crippen molar-refractivity contribution in [3.05, 3.63) is 66.7 Å². The fourth-order valence-electron chi connectivity index (χ4n) is 3.88. The van der Waals surface area contributed by atoms with Crippen molar-refractivity contribution in [1.82, 2.24) is 25.2 Å². The van der Waals surface area contributed by atoms with Crippen molar-refractivity contribution in [3.8, 4) is 22.6 Å². The van der Waals surface area contributed by atoms with E-state index in [9.17, 15) is 4.79 Å². The molecule has 1 saturated heterocycles. The average Bonchev–Trinajstić information content (AvgIpc) is 3.44. The molecule has 0 saturated carbocycles. The standard InChI is InChI=1S/C24H24N6O/c1-29(14-15-30-13-12-25-24(30)31)23-19-16-20(17-8-4-2-5-9-17)26-22(19)27-21(28-23)18-10-6-3-7-11-18/h2-11,16H,12-15H2,1H3,(H,25,31)(H,26,27,28). The SMILES string of the molecule is CN(CCN1CCNC1=O)c1nc(-c2ccccc2)nc2[nH]c(-c3ccccc3)cc12. The first-order chi connectivity index (χ1) is 15.2. The molecule has 1 aliphatic rings. The van der Waals surface area contributed by atoms with Gasteiger partial charge in [-0.25, -0.2) is 14.8 Å². The van der Waals surface area contributed by atoms with Gasteiger partial charge in [0.05, 0.1) is 5.39 Å². The second kappa shape index (κ2) is 8.10. The lowest BCUT2D eigenvalue weighted by atomic mass is 10.1. The van der Waals surface area contributed by atoms with Gasteiger partial charge in [0.2, 0.25) is 0 Å². The predicted molar refractivity (Wildman–Crippen MR) is 123 cm³/mol. The highest BCUT2D eigenvalue weighted by Crippen LogP contribution is 2.31. The Hall–Kier alpha value is -3.87. The zero-order valence-electron chi connectivity index (χ0n) is 17.4. The van der Waals surface area contributed by atoms with E-state index in [-0.39, 0.29) is 6.03 Å². The molecular formula is C24H24N6O. The quantitative estimate of drug-likeness (QED) is 0.506. The lowest BCUT2D eigenvalue weighted by molar-refractivity contribution is 0.218. The third-order valence-electron chi connectivity index (χ3n) is 5.60. The maximum atomic E-state index is 11.9. The summed E-state index contributed by atoms with van der Waals surface area (Å²) in [6, 6.07) is 22.3. The highest BCUT2D eigenvalue weighted by molar-refractivity contribution is 5.93. The van der Waals surface area contributed by atoms with Crippen molar-refractivity contribution in [2.24, 2.45) is 0 Å². The Morgan fingerprint density at radius 1 is 1.00 bits per heavy atom. The highest BCUT2D eigenvalue weighted by atomic mass is 16.2. The second-order valence-electron chi connectivity index (χ2n) is 7.69. The third kappa shape index (κ3) is 3.82. The summed E-state index contributed by atoms with van der Waals surface area (Å²) in [6.07, 6.45) is 0. The maximum absolute atomic E-state index is 11.9. The third-order valence-corrected chi connectivity index (χ3v) is 5.60. The summed E-state index contributed by atoms with van der Waals surface area (Å²) in [5.41, 5.74) is 3.87. The van der Waals surface area contributed by atoms with Gasteiger partial charge in [0.25, 0.3) is 0 Å². The molecule has 1 aliphatic heterocycles. The lowest BCUT2D eigenvalue weighted by Gasteiger charge is -2.22. The molecule has 2 N–H and O–H groups in total. The van der Waals surface area contributed by atoms with Crippen LogP contribution in [0, 0.1) is 0 Å². The monoisotopic (exact) mass is 412 g/mol. The summed E-state index contributed by atoms with van der Waals surface area (Å²) in [7, 11) is 2.01. The van der Waals surface area contributed by atoms with Gasteiger partial charge in [0.15, 0.2) is 5.82 Å². The molecule has 0 aliphatic carbocycles. The largest absolute Gasteiger partial charge is 0.357 e. The van der Waals surface area contributed by atoms with Crippen LogP contribution in [-0.4, -0.2) is 59.1 Å². The number of urea groups is 1. The normalized spacial score (nSPS) is 13.6. The fraction of sp³-hybridized carbons (Fsp3) is 0.208. The Bertz CT molecular complexity index is 1200. The van der Waals surface area contributed by atoms with Crippen molar-refractivity contribution < 1.29 is 4.79 Å². The molecule has 2 amide bonds. The molecule has 2 aromatic carbocycles. The fourth-order valence-corrected chi connectivity index (χ4v) is 3.88. The first-order valence-electron chi connectivity index (χ1n) is 10.4. The average molecular weight is 412 g/mol. The minimum absolute atomic E-state index is 0.000725. The molecule has 5 rings (SSSR count). The second-order valence-corrected chi connectivity index (χ2v) is 7.69. The van der Waals surface area contributed by atoms with Crippen LogP contribution in [0.3, 0.4) is 0 Å². The first-order valence-corrected chi connectivity index (χ1v) is 10.4. The number of nitrogens with zero attached hydrogens (tertiary/aromatic N) is 4. The molecule has 0 spiro atoms. The Balaban J connectivity index is 1.55. The molecule has 0 radical (unpaired) electrons. The van der Waals surface area contributed by atoms with E-state index in [2.05, 4.69) is 33.4 Å². The number of aromatic nitrogens is 3. The number of hydrogen-bond donors (Lipinski definition) is 2. The number of nitrogens with one attached hydrogen (secondary N) is 2. The molecule has 4 aromatic rings. The van der Waals surface area contributed by atoms with Gasteiger partial charge in [-0.2, -0.15) is 0 Å². The van der Waals surface area contributed by atoms with Crippen molar-refractivity contribution >= 4 is 22.9 Å². The van der Waals surface area contributed by atoms with Crippen LogP contribution in [-0.2, 0) is 0 Å². The van der Waals surface area contributed by atoms with Crippen LogP contribution >= 0.6 is 0 Å². The molecular weight excluding hydrogens is 388 g/mol. The number of fused-ring (bicyclic) bond motifs is 1. The van der Waals surface area contributed by atoms with Crippen LogP contribution in [0.5, 0.6) is 0 Å². The summed E-state index contributed by atoms with van der Waals surface area (Å²) >= 11 is 0. The van der Waals surface area contributed by atoms with E-state index in [1.165, 1.54) is 0 Å². The van der Waals surface area contributed by atoms with Crippen LogP contribution in [0.15, 0.2) is 66.7 Å². The van der Waals surface area contributed by atoms with E-state index in [1.54, 1.807) is 0 Å². The summed E-state index contributed by atoms with van der Waals surface area (Å²) in [4.78, 5) is 29.0. The lowest BCUT2D eigenvalue weighted by Crippen LogP contribution is -2.35. The summed E-state index contributed by atoms with van der Waals surface area (Å²) < 4.78 is 0. The number of anilines is 1. The number of aromatic amines is 1. The minimum atomic E-state index is -0.000725. The van der Waals surface area contributed by atoms with Crippen LogP contribution < -0.4 is 10.2 Å². The molecule has 0 unspecified atom stereocenters. The Kier molecular flexibility index (Phi) is 5.00. The van der Waals surface area contributed by atoms with Crippen molar-refractivity contribution in [1.29, 1.82) is 0 Å². The number of carbonyl (C=O) groups is 1. The van der Waals surface area contributed by atoms with Gasteiger partial charge in [0, 0.05) is 44.5 Å². The Morgan fingerprint density at radius 3 is 2.39 bits per heavy atom. The smallest absolute Gasteiger partial charge is 0.317 e. The Morgan fingerprint density at radius 2 is 1.71 bits per heavy atom. The Labute approximate surface area is 180 Å². The van der Waals surface area contributed by atoms with Crippen molar-refractivity contribution in [2.75, 3.05) is 38.1 Å². The van der Waals surface area contributed by atoms with Crippen LogP contribution in [0.4, 0.5) is 10.6 Å². The van der Waals surface area contributed by atoms with E-state index in [0.717, 1.165) is 40.2 Å². The van der Waals surface area contributed by atoms with Gasteiger partial charge in [0.1, 0.15) is 11.5 Å². The number of hydrogen-bond acceptors (Lipinski definition) is 4. The van der Waals surface area contributed by atoms with Crippen molar-refractivity contribution in [2.45, 2.75) is 0 Å². The summed E-state index contributed by atoms with van der Waals surface area (Å²) in [5.74, 6) is 1.53. The highest BCUT2D eigenvalue weighted by Gasteiger charge is 2.21. The zero-order valence-corrected chi connectivity index (χ0v) is 17.4. The number of amides is 2. The van der Waals surface area contributed by atoms with Gasteiger partial charge in [-0.05, 0) is 11.6 Å². The van der Waals surface area contributed by atoms with Crippen LogP contribution in [0.1, 0.15) is 0 Å². The topological polar surface area (TPSA) is 77.2 Å². The van der Waals surface area contributed by atoms with Crippen molar-refractivity contribution in [3.63, 3.8) is 0 Å². The molecule has 0 atom stereocenters. The number of likely N-dealkylation sites (N-methyl/N-ethyl adjacent to an activating group) is 1. The first kappa shape index (κ1) is 19.1. The van der Waals surface area contributed by atoms with Crippen LogP contribution in [0.2, 0.25) is 0 Å². The van der Waals surface area contributed by atoms with Gasteiger partial charge in [-0.1, -0.05) is 60.7 Å². The van der Waals surface area contributed by atoms with E-state index in [4.69, 9.17) is 9.97 Å². The molecule has 0 bridgehead atoms. The number of carbonyl (C=O) groups excluding carboxylic acids is 1. The molecule has 7 heteroatoms. The number of rotatable bonds is 6. The van der Waals surface area contributed by atoms with Gasteiger partial charge in [-0.15, -0.1) is 0 Å². The summed E-state index contributed by atoms with van der Waals surface area (Å²) in [6.45, 7) is 2.77. The molecule has 7 nitrogen and oxygen atoms in total. The molecule has 3 heterocycles. The molecule has 2 aromatic heterocycles. The van der Waals surface area contributed by atoms with E-state index in [0.29, 0.717) is 25.5 Å². The zero-order chi connectivity index (χ0) is 21.2.